The number of thiophene rings is 1. The topological polar surface area (TPSA) is 61.2 Å². The summed E-state index contributed by atoms with van der Waals surface area (Å²) in [6, 6.07) is 7.85. The first-order valence-electron chi connectivity index (χ1n) is 6.08. The lowest BCUT2D eigenvalue weighted by Crippen LogP contribution is -2.13. The van der Waals surface area contributed by atoms with Gasteiger partial charge in [-0.05, 0) is 18.2 Å². The van der Waals surface area contributed by atoms with Crippen LogP contribution >= 0.6 is 11.3 Å². The van der Waals surface area contributed by atoms with Crippen LogP contribution in [-0.2, 0) is 6.54 Å². The monoisotopic (exact) mass is 288 g/mol. The zero-order valence-electron chi connectivity index (χ0n) is 11.7. The van der Waals surface area contributed by atoms with Crippen LogP contribution in [0.25, 0.3) is 0 Å². The molecule has 0 saturated carbocycles. The highest BCUT2D eigenvalue weighted by Crippen LogP contribution is 2.32. The summed E-state index contributed by atoms with van der Waals surface area (Å²) in [4.78, 5) is 8.03. The Morgan fingerprint density at radius 2 is 2.20 bits per heavy atom. The highest BCUT2D eigenvalue weighted by molar-refractivity contribution is 7.12. The van der Waals surface area contributed by atoms with Gasteiger partial charge >= 0.3 is 0 Å². The number of pyridine rings is 1. The second kappa shape index (κ2) is 6.26. The molecule has 2 rings (SSSR count). The summed E-state index contributed by atoms with van der Waals surface area (Å²) >= 11 is 1.48. The number of aromatic nitrogens is 1. The molecule has 0 aliphatic rings. The molecule has 0 fully saturated rings. The van der Waals surface area contributed by atoms with Gasteiger partial charge in [0, 0.05) is 31.7 Å². The molecule has 20 heavy (non-hydrogen) atoms. The van der Waals surface area contributed by atoms with Crippen molar-refractivity contribution in [3.8, 4) is 11.9 Å². The van der Waals surface area contributed by atoms with Gasteiger partial charge in [0.1, 0.15) is 16.6 Å². The number of anilines is 2. The molecule has 5 nitrogen and oxygen atoms in total. The fourth-order valence-corrected chi connectivity index (χ4v) is 2.58. The van der Waals surface area contributed by atoms with Gasteiger partial charge in [-0.2, -0.15) is 5.26 Å². The summed E-state index contributed by atoms with van der Waals surface area (Å²) in [5, 5.41) is 12.2. The molecular formula is C14H16N4OS. The van der Waals surface area contributed by atoms with E-state index in [0.717, 1.165) is 16.3 Å². The van der Waals surface area contributed by atoms with Crippen molar-refractivity contribution in [3.63, 3.8) is 0 Å². The van der Waals surface area contributed by atoms with Crippen molar-refractivity contribution in [1.82, 2.24) is 4.98 Å². The quantitative estimate of drug-likeness (QED) is 0.916. The Labute approximate surface area is 122 Å². The molecule has 0 aliphatic carbocycles. The van der Waals surface area contributed by atoms with Gasteiger partial charge in [0.15, 0.2) is 0 Å². The van der Waals surface area contributed by atoms with Crippen molar-refractivity contribution < 1.29 is 4.74 Å². The van der Waals surface area contributed by atoms with E-state index in [2.05, 4.69) is 16.4 Å². The summed E-state index contributed by atoms with van der Waals surface area (Å²) < 4.78 is 5.30. The van der Waals surface area contributed by atoms with Crippen molar-refractivity contribution in [2.75, 3.05) is 31.4 Å². The number of nitriles is 1. The lowest BCUT2D eigenvalue weighted by Gasteiger charge is -2.19. The van der Waals surface area contributed by atoms with Crippen molar-refractivity contribution >= 4 is 22.7 Å². The van der Waals surface area contributed by atoms with Crippen LogP contribution in [0.5, 0.6) is 5.88 Å². The van der Waals surface area contributed by atoms with Crippen LogP contribution in [0.4, 0.5) is 11.4 Å². The van der Waals surface area contributed by atoms with Crippen molar-refractivity contribution in [1.29, 1.82) is 5.26 Å². The first-order valence-corrected chi connectivity index (χ1v) is 6.90. The van der Waals surface area contributed by atoms with E-state index in [-0.39, 0.29) is 0 Å². The Morgan fingerprint density at radius 3 is 2.80 bits per heavy atom. The molecule has 2 heterocycles. The minimum Gasteiger partial charge on any atom is -0.479 e. The zero-order valence-corrected chi connectivity index (χ0v) is 12.5. The second-order valence-electron chi connectivity index (χ2n) is 4.34. The fourth-order valence-electron chi connectivity index (χ4n) is 1.84. The molecule has 1 N–H and O–H groups in total. The van der Waals surface area contributed by atoms with Gasteiger partial charge in [-0.15, -0.1) is 11.3 Å². The number of methoxy groups -OCH3 is 1. The van der Waals surface area contributed by atoms with E-state index < -0.39 is 0 Å². The number of ether oxygens (including phenoxy) is 1. The van der Waals surface area contributed by atoms with E-state index in [4.69, 9.17) is 10.00 Å². The highest BCUT2D eigenvalue weighted by Gasteiger charge is 2.12. The van der Waals surface area contributed by atoms with E-state index in [0.29, 0.717) is 17.3 Å². The molecule has 0 radical (unpaired) electrons. The molecule has 0 saturated heterocycles. The molecule has 2 aromatic heterocycles. The van der Waals surface area contributed by atoms with E-state index in [1.54, 1.807) is 13.3 Å². The Morgan fingerprint density at radius 1 is 1.40 bits per heavy atom. The number of nitrogens with zero attached hydrogens (tertiary/aromatic N) is 3. The van der Waals surface area contributed by atoms with Gasteiger partial charge in [-0.25, -0.2) is 4.98 Å². The van der Waals surface area contributed by atoms with Crippen LogP contribution in [0.2, 0.25) is 0 Å². The van der Waals surface area contributed by atoms with Crippen molar-refractivity contribution in [3.05, 3.63) is 34.2 Å². The van der Waals surface area contributed by atoms with Crippen LogP contribution in [0.3, 0.4) is 0 Å². The second-order valence-corrected chi connectivity index (χ2v) is 5.51. The number of hydrogen-bond donors (Lipinski definition) is 1. The minimum absolute atomic E-state index is 0.563. The third-order valence-electron chi connectivity index (χ3n) is 2.78. The van der Waals surface area contributed by atoms with Crippen LogP contribution in [0.15, 0.2) is 24.4 Å². The normalized spacial score (nSPS) is 9.90. The van der Waals surface area contributed by atoms with Crippen molar-refractivity contribution in [2.45, 2.75) is 6.54 Å². The molecule has 0 amide bonds. The number of nitrogens with one attached hydrogen (secondary N) is 1. The largest absolute Gasteiger partial charge is 0.479 e. The van der Waals surface area contributed by atoms with E-state index in [9.17, 15) is 0 Å². The van der Waals surface area contributed by atoms with Gasteiger partial charge in [0.2, 0.25) is 5.88 Å². The van der Waals surface area contributed by atoms with Crippen LogP contribution in [0.1, 0.15) is 9.75 Å². The summed E-state index contributed by atoms with van der Waals surface area (Å²) in [7, 11) is 5.55. The number of hydrogen-bond acceptors (Lipinski definition) is 6. The first kappa shape index (κ1) is 14.2. The van der Waals surface area contributed by atoms with Gasteiger partial charge < -0.3 is 15.0 Å². The Hall–Kier alpha value is -2.26. The molecule has 6 heteroatoms. The minimum atomic E-state index is 0.563. The molecule has 0 atom stereocenters. The molecule has 0 spiro atoms. The van der Waals surface area contributed by atoms with Crippen LogP contribution in [-0.4, -0.2) is 26.2 Å². The van der Waals surface area contributed by atoms with E-state index >= 15 is 0 Å². The summed E-state index contributed by atoms with van der Waals surface area (Å²) in [5.74, 6) is 0.563. The predicted molar refractivity (Wildman–Crippen MR) is 81.5 cm³/mol. The molecule has 0 bridgehead atoms. The maximum atomic E-state index is 8.84. The molecule has 0 aliphatic heterocycles. The van der Waals surface area contributed by atoms with Gasteiger partial charge in [0.25, 0.3) is 0 Å². The first-order chi connectivity index (χ1) is 9.65. The van der Waals surface area contributed by atoms with Crippen molar-refractivity contribution in [2.24, 2.45) is 0 Å². The van der Waals surface area contributed by atoms with E-state index in [1.807, 2.05) is 37.2 Å². The molecule has 2 aromatic rings. The SMILES string of the molecule is COc1nccc(N(C)C)c1NCc1ccc(C#N)s1. The summed E-state index contributed by atoms with van der Waals surface area (Å²) in [6.45, 7) is 0.634. The van der Waals surface area contributed by atoms with Gasteiger partial charge in [-0.1, -0.05) is 0 Å². The van der Waals surface area contributed by atoms with Crippen LogP contribution < -0.4 is 15.0 Å². The van der Waals surface area contributed by atoms with Gasteiger partial charge in [-0.3, -0.25) is 0 Å². The molecule has 104 valence electrons. The molecular weight excluding hydrogens is 272 g/mol. The number of rotatable bonds is 5. The fraction of sp³-hybridized carbons (Fsp3) is 0.286. The van der Waals surface area contributed by atoms with Gasteiger partial charge in [0.05, 0.1) is 12.8 Å². The lowest BCUT2D eigenvalue weighted by molar-refractivity contribution is 0.400. The summed E-state index contributed by atoms with van der Waals surface area (Å²) in [6.07, 6.45) is 1.72. The van der Waals surface area contributed by atoms with E-state index in [1.165, 1.54) is 11.3 Å². The Bertz CT molecular complexity index is 630. The maximum Gasteiger partial charge on any atom is 0.239 e. The summed E-state index contributed by atoms with van der Waals surface area (Å²) in [5.41, 5.74) is 1.86. The Kier molecular flexibility index (Phi) is 4.43. The third-order valence-corrected chi connectivity index (χ3v) is 3.77. The van der Waals surface area contributed by atoms with Crippen LogP contribution in [0, 0.1) is 11.3 Å². The zero-order chi connectivity index (χ0) is 14.5. The predicted octanol–water partition coefficient (Wildman–Crippen LogP) is 2.70. The molecule has 0 unspecified atom stereocenters. The lowest BCUT2D eigenvalue weighted by atomic mass is 10.3. The standard InChI is InChI=1S/C14H16N4OS/c1-18(2)12-6-7-16-14(19-3)13(12)17-9-11-5-4-10(8-15)20-11/h4-7,17H,9H2,1-3H3. The maximum absolute atomic E-state index is 8.84. The highest BCUT2D eigenvalue weighted by atomic mass is 32.1. The average Bonchev–Trinajstić information content (AvgIpc) is 2.92. The third kappa shape index (κ3) is 3.00. The smallest absolute Gasteiger partial charge is 0.239 e. The Balaban J connectivity index is 2.21. The average molecular weight is 288 g/mol. The molecule has 0 aromatic carbocycles.